The zero-order valence-corrected chi connectivity index (χ0v) is 13.4. The molecule has 2 rings (SSSR count). The van der Waals surface area contributed by atoms with Crippen molar-refractivity contribution in [1.82, 2.24) is 14.7 Å². The fourth-order valence-electron chi connectivity index (χ4n) is 1.90. The lowest BCUT2D eigenvalue weighted by Crippen LogP contribution is -2.40. The number of benzene rings is 1. The summed E-state index contributed by atoms with van der Waals surface area (Å²) in [6, 6.07) is 9.99. The van der Waals surface area contributed by atoms with Gasteiger partial charge in [0.25, 0.3) is 0 Å². The van der Waals surface area contributed by atoms with Gasteiger partial charge >= 0.3 is 0 Å². The maximum Gasteiger partial charge on any atom is 0.239 e. The third-order valence-corrected chi connectivity index (χ3v) is 3.66. The Hall–Kier alpha value is -1.95. The van der Waals surface area contributed by atoms with Gasteiger partial charge in [0.05, 0.1) is 6.54 Å². The molecule has 0 bridgehead atoms. The molecule has 0 radical (unpaired) electrons. The molecular weight excluding hydrogens is 284 g/mol. The first-order valence-corrected chi connectivity index (χ1v) is 7.81. The maximum absolute atomic E-state index is 11.9. The number of hydrogen-bond acceptors (Lipinski definition) is 5. The minimum absolute atomic E-state index is 0.00307. The second-order valence-corrected chi connectivity index (χ2v) is 5.73. The maximum atomic E-state index is 11.9. The third kappa shape index (κ3) is 4.26. The molecule has 0 saturated heterocycles. The quantitative estimate of drug-likeness (QED) is 0.891. The summed E-state index contributed by atoms with van der Waals surface area (Å²) in [5.41, 5.74) is 0.989. The minimum atomic E-state index is 0.00307. The van der Waals surface area contributed by atoms with E-state index >= 15 is 0 Å². The van der Waals surface area contributed by atoms with Gasteiger partial charge in [0, 0.05) is 29.7 Å². The van der Waals surface area contributed by atoms with Crippen molar-refractivity contribution >= 4 is 22.6 Å². The molecule has 112 valence electrons. The van der Waals surface area contributed by atoms with Crippen molar-refractivity contribution in [2.75, 3.05) is 18.0 Å². The van der Waals surface area contributed by atoms with Gasteiger partial charge in [0.2, 0.25) is 11.0 Å². The lowest BCUT2D eigenvalue weighted by atomic mass is 10.2. The first-order valence-electron chi connectivity index (χ1n) is 7.03. The van der Waals surface area contributed by atoms with Crippen LogP contribution in [0.5, 0.6) is 0 Å². The molecule has 0 unspecified atom stereocenters. The molecule has 0 fully saturated rings. The molecule has 1 amide bonds. The van der Waals surface area contributed by atoms with Crippen molar-refractivity contribution in [2.45, 2.75) is 26.8 Å². The van der Waals surface area contributed by atoms with Gasteiger partial charge in [0.15, 0.2) is 5.82 Å². The Balaban J connectivity index is 2.09. The molecule has 21 heavy (non-hydrogen) atoms. The molecule has 0 atom stereocenters. The topological polar surface area (TPSA) is 58.1 Å². The Labute approximate surface area is 129 Å². The Bertz CT molecular complexity index is 582. The summed E-state index contributed by atoms with van der Waals surface area (Å²) in [5.74, 6) is 0.710. The van der Waals surface area contributed by atoms with E-state index in [4.69, 9.17) is 0 Å². The zero-order chi connectivity index (χ0) is 15.2. The Morgan fingerprint density at radius 1 is 1.33 bits per heavy atom. The van der Waals surface area contributed by atoms with Gasteiger partial charge in [-0.25, -0.2) is 0 Å². The smallest absolute Gasteiger partial charge is 0.239 e. The van der Waals surface area contributed by atoms with Crippen LogP contribution in [0.1, 0.15) is 20.8 Å². The van der Waals surface area contributed by atoms with Crippen LogP contribution in [0.2, 0.25) is 0 Å². The molecule has 1 heterocycles. The number of nitrogens with zero attached hydrogens (tertiary/aromatic N) is 3. The minimum Gasteiger partial charge on any atom is -0.352 e. The van der Waals surface area contributed by atoms with Crippen LogP contribution < -0.4 is 10.2 Å². The van der Waals surface area contributed by atoms with E-state index in [0.29, 0.717) is 12.4 Å². The van der Waals surface area contributed by atoms with Gasteiger partial charge in [-0.3, -0.25) is 4.79 Å². The summed E-state index contributed by atoms with van der Waals surface area (Å²) in [5, 5.41) is 3.67. The lowest BCUT2D eigenvalue weighted by Gasteiger charge is -2.19. The van der Waals surface area contributed by atoms with Gasteiger partial charge in [0.1, 0.15) is 0 Å². The largest absolute Gasteiger partial charge is 0.352 e. The summed E-state index contributed by atoms with van der Waals surface area (Å²) in [7, 11) is 0. The highest BCUT2D eigenvalue weighted by atomic mass is 32.1. The summed E-state index contributed by atoms with van der Waals surface area (Å²) in [6.07, 6.45) is 0. The molecular formula is C15H20N4OS. The average Bonchev–Trinajstić information content (AvgIpc) is 2.94. The number of anilines is 1. The Kier molecular flexibility index (Phi) is 5.27. The van der Waals surface area contributed by atoms with Crippen LogP contribution in [0.4, 0.5) is 5.13 Å². The van der Waals surface area contributed by atoms with Crippen molar-refractivity contribution in [3.05, 3.63) is 30.3 Å². The van der Waals surface area contributed by atoms with E-state index in [9.17, 15) is 4.79 Å². The number of likely N-dealkylation sites (N-methyl/N-ethyl adjacent to an activating group) is 1. The summed E-state index contributed by atoms with van der Waals surface area (Å²) in [4.78, 5) is 18.3. The van der Waals surface area contributed by atoms with Crippen molar-refractivity contribution in [2.24, 2.45) is 0 Å². The van der Waals surface area contributed by atoms with E-state index in [2.05, 4.69) is 14.7 Å². The Morgan fingerprint density at radius 3 is 2.67 bits per heavy atom. The molecule has 0 aliphatic rings. The molecule has 1 aromatic heterocycles. The second kappa shape index (κ2) is 7.17. The molecule has 1 N–H and O–H groups in total. The highest BCUT2D eigenvalue weighted by Gasteiger charge is 2.15. The van der Waals surface area contributed by atoms with Crippen LogP contribution in [0, 0.1) is 0 Å². The van der Waals surface area contributed by atoms with Crippen LogP contribution in [0.3, 0.4) is 0 Å². The Morgan fingerprint density at radius 2 is 2.05 bits per heavy atom. The van der Waals surface area contributed by atoms with E-state index in [1.165, 1.54) is 11.5 Å². The number of nitrogens with one attached hydrogen (secondary N) is 1. The molecule has 2 aromatic rings. The zero-order valence-electron chi connectivity index (χ0n) is 12.5. The van der Waals surface area contributed by atoms with E-state index in [0.717, 1.165) is 17.2 Å². The highest BCUT2D eigenvalue weighted by Crippen LogP contribution is 2.23. The SMILES string of the molecule is CCN(CC(=O)NC(C)C)c1nc(-c2ccccc2)ns1. The van der Waals surface area contributed by atoms with Gasteiger partial charge < -0.3 is 10.2 Å². The highest BCUT2D eigenvalue weighted by molar-refractivity contribution is 7.09. The number of amides is 1. The molecule has 0 spiro atoms. The fraction of sp³-hybridized carbons (Fsp3) is 0.400. The molecule has 1 aromatic carbocycles. The summed E-state index contributed by atoms with van der Waals surface area (Å²) >= 11 is 1.32. The predicted octanol–water partition coefficient (Wildman–Crippen LogP) is 2.56. The molecule has 0 aliphatic carbocycles. The number of aromatic nitrogens is 2. The first-order chi connectivity index (χ1) is 10.1. The summed E-state index contributed by atoms with van der Waals surface area (Å²) in [6.45, 7) is 6.93. The van der Waals surface area contributed by atoms with Crippen molar-refractivity contribution in [3.63, 3.8) is 0 Å². The number of carbonyl (C=O) groups excluding carboxylic acids is 1. The first kappa shape index (κ1) is 15.4. The van der Waals surface area contributed by atoms with Gasteiger partial charge in [-0.05, 0) is 20.8 Å². The van der Waals surface area contributed by atoms with Crippen molar-refractivity contribution < 1.29 is 4.79 Å². The predicted molar refractivity (Wildman–Crippen MR) is 86.5 cm³/mol. The number of carbonyl (C=O) groups is 1. The van der Waals surface area contributed by atoms with Gasteiger partial charge in [-0.2, -0.15) is 9.36 Å². The van der Waals surface area contributed by atoms with Crippen LogP contribution >= 0.6 is 11.5 Å². The summed E-state index contributed by atoms with van der Waals surface area (Å²) < 4.78 is 4.38. The van der Waals surface area contributed by atoms with Crippen molar-refractivity contribution in [1.29, 1.82) is 0 Å². The fourth-order valence-corrected chi connectivity index (χ4v) is 2.65. The molecule has 6 heteroatoms. The number of rotatable bonds is 6. The van der Waals surface area contributed by atoms with Crippen molar-refractivity contribution in [3.8, 4) is 11.4 Å². The van der Waals surface area contributed by atoms with E-state index < -0.39 is 0 Å². The van der Waals surface area contributed by atoms with Crippen LogP contribution in [-0.4, -0.2) is 34.4 Å². The van der Waals surface area contributed by atoms with E-state index in [1.807, 2.05) is 56.0 Å². The molecule has 5 nitrogen and oxygen atoms in total. The normalized spacial score (nSPS) is 10.7. The second-order valence-electron chi connectivity index (χ2n) is 5.00. The van der Waals surface area contributed by atoms with E-state index in [-0.39, 0.29) is 11.9 Å². The molecule has 0 aliphatic heterocycles. The van der Waals surface area contributed by atoms with Gasteiger partial charge in [-0.1, -0.05) is 30.3 Å². The van der Waals surface area contributed by atoms with Crippen LogP contribution in [0.15, 0.2) is 30.3 Å². The molecule has 0 saturated carbocycles. The van der Waals surface area contributed by atoms with Crippen LogP contribution in [0.25, 0.3) is 11.4 Å². The number of hydrogen-bond donors (Lipinski definition) is 1. The standard InChI is InChI=1S/C15H20N4OS/c1-4-19(10-13(20)16-11(2)3)15-17-14(18-21-15)12-8-6-5-7-9-12/h5-9,11H,4,10H2,1-3H3,(H,16,20). The monoisotopic (exact) mass is 304 g/mol. The van der Waals surface area contributed by atoms with E-state index in [1.54, 1.807) is 0 Å². The van der Waals surface area contributed by atoms with Crippen LogP contribution in [-0.2, 0) is 4.79 Å². The third-order valence-electron chi connectivity index (χ3n) is 2.88. The average molecular weight is 304 g/mol. The van der Waals surface area contributed by atoms with Gasteiger partial charge in [-0.15, -0.1) is 0 Å². The lowest BCUT2D eigenvalue weighted by molar-refractivity contribution is -0.120.